The van der Waals surface area contributed by atoms with Crippen LogP contribution in [-0.4, -0.2) is 91.4 Å². The number of aliphatic hydroxyl groups excluding tert-OH is 5. The van der Waals surface area contributed by atoms with E-state index < -0.39 is 90.0 Å². The van der Waals surface area contributed by atoms with E-state index in [4.69, 9.17) is 5.11 Å². The van der Waals surface area contributed by atoms with E-state index in [9.17, 15) is 56.8 Å². The number of nitrogens with zero attached hydrogens (tertiary/aromatic N) is 2. The van der Waals surface area contributed by atoms with Crippen molar-refractivity contribution in [3.63, 3.8) is 0 Å². The molecule has 1 saturated heterocycles. The van der Waals surface area contributed by atoms with Crippen molar-refractivity contribution in [2.75, 3.05) is 23.4 Å². The van der Waals surface area contributed by atoms with E-state index in [2.05, 4.69) is 10.6 Å². The number of halogens is 5. The summed E-state index contributed by atoms with van der Waals surface area (Å²) in [6.07, 6.45) is -12.2. The van der Waals surface area contributed by atoms with Gasteiger partial charge in [-0.2, -0.15) is 13.2 Å². The maximum Gasteiger partial charge on any atom is 0.419 e. The average Bonchev–Trinajstić information content (AvgIpc) is 3.22. The molecule has 17 heteroatoms. The molecule has 0 unspecified atom stereocenters. The maximum absolute atomic E-state index is 14.4. The van der Waals surface area contributed by atoms with Crippen molar-refractivity contribution in [2.45, 2.75) is 56.5 Å². The second-order valence-electron chi connectivity index (χ2n) is 11.7. The molecule has 4 amide bonds. The van der Waals surface area contributed by atoms with Gasteiger partial charge in [-0.3, -0.25) is 9.59 Å². The molecule has 0 aliphatic carbocycles. The van der Waals surface area contributed by atoms with Crippen LogP contribution >= 0.6 is 0 Å². The number of hydrogen-bond donors (Lipinski definition) is 7. The van der Waals surface area contributed by atoms with Crippen molar-refractivity contribution in [1.82, 2.24) is 10.2 Å². The van der Waals surface area contributed by atoms with Gasteiger partial charge in [-0.25, -0.2) is 18.5 Å². The summed E-state index contributed by atoms with van der Waals surface area (Å²) in [6, 6.07) is 9.95. The van der Waals surface area contributed by atoms with Crippen LogP contribution in [0.4, 0.5) is 43.8 Å². The Balaban J connectivity index is 1.49. The van der Waals surface area contributed by atoms with Gasteiger partial charge in [-0.05, 0) is 74.0 Å². The van der Waals surface area contributed by atoms with Gasteiger partial charge >= 0.3 is 12.2 Å². The van der Waals surface area contributed by atoms with Crippen molar-refractivity contribution in [1.29, 1.82) is 0 Å². The largest absolute Gasteiger partial charge is 0.419 e. The smallest absolute Gasteiger partial charge is 0.394 e. The zero-order valence-electron chi connectivity index (χ0n) is 25.9. The normalized spacial score (nSPS) is 17.1. The van der Waals surface area contributed by atoms with Crippen LogP contribution in [0.15, 0.2) is 60.7 Å². The standard InChI is InChI=1S/C32H33F5N4O8/c1-31(2)29(48)41(20-9-10-22(34)21(12-20)32(35,36)37)30(49)40(31)14-17-3-6-18(33)11-23(17)39-19-7-4-16(5-8-19)28(47)38-13-24(43)26(45)27(46)25(44)15-42/h3-12,24-27,39,42-46H,13-15H2,1-2H3,(H,38,47)/t24-,25+,26+,27+/m0/s1. The Morgan fingerprint density at radius 3 is 2.14 bits per heavy atom. The molecule has 3 aromatic rings. The number of amides is 4. The minimum absolute atomic E-state index is 0.0973. The number of imide groups is 1. The van der Waals surface area contributed by atoms with Crippen LogP contribution in [0.25, 0.3) is 0 Å². The first-order valence-electron chi connectivity index (χ1n) is 14.7. The predicted octanol–water partition coefficient (Wildman–Crippen LogP) is 2.64. The Hall–Kier alpha value is -4.68. The van der Waals surface area contributed by atoms with Gasteiger partial charge in [0.1, 0.15) is 35.5 Å². The topological polar surface area (TPSA) is 183 Å². The Morgan fingerprint density at radius 1 is 0.898 bits per heavy atom. The zero-order valence-corrected chi connectivity index (χ0v) is 25.9. The highest BCUT2D eigenvalue weighted by Gasteiger charge is 2.52. The first-order valence-corrected chi connectivity index (χ1v) is 14.7. The molecule has 1 fully saturated rings. The molecule has 49 heavy (non-hydrogen) atoms. The minimum atomic E-state index is -5.08. The summed E-state index contributed by atoms with van der Waals surface area (Å²) in [5, 5.41) is 53.2. The lowest BCUT2D eigenvalue weighted by molar-refractivity contribution is -0.140. The van der Waals surface area contributed by atoms with Gasteiger partial charge in [-0.1, -0.05) is 6.07 Å². The molecule has 0 spiro atoms. The highest BCUT2D eigenvalue weighted by atomic mass is 19.4. The van der Waals surface area contributed by atoms with Gasteiger partial charge < -0.3 is 41.1 Å². The number of rotatable bonds is 12. The summed E-state index contributed by atoms with van der Waals surface area (Å²) in [7, 11) is 0. The summed E-state index contributed by atoms with van der Waals surface area (Å²) in [6.45, 7) is 1.07. The van der Waals surface area contributed by atoms with Gasteiger partial charge in [-0.15, -0.1) is 0 Å². The number of aliphatic hydroxyl groups is 5. The number of alkyl halides is 3. The lowest BCUT2D eigenvalue weighted by atomic mass is 10.0. The van der Waals surface area contributed by atoms with E-state index >= 15 is 0 Å². The molecule has 1 aliphatic rings. The molecule has 3 aromatic carbocycles. The maximum atomic E-state index is 14.4. The molecule has 4 rings (SSSR count). The van der Waals surface area contributed by atoms with Crippen LogP contribution in [0.2, 0.25) is 0 Å². The minimum Gasteiger partial charge on any atom is -0.394 e. The average molecular weight is 697 g/mol. The van der Waals surface area contributed by atoms with E-state index in [1.165, 1.54) is 44.2 Å². The molecule has 4 atom stereocenters. The summed E-state index contributed by atoms with van der Waals surface area (Å²) in [4.78, 5) is 41.0. The number of anilines is 3. The van der Waals surface area contributed by atoms with E-state index in [1.807, 2.05) is 0 Å². The summed E-state index contributed by atoms with van der Waals surface area (Å²) in [5.74, 6) is -3.80. The Labute approximate surface area is 276 Å². The van der Waals surface area contributed by atoms with Gasteiger partial charge in [0, 0.05) is 23.5 Å². The Kier molecular flexibility index (Phi) is 10.9. The first-order chi connectivity index (χ1) is 22.9. The Bertz CT molecular complexity index is 1710. The van der Waals surface area contributed by atoms with E-state index in [1.54, 1.807) is 0 Å². The quantitative estimate of drug-likeness (QED) is 0.111. The van der Waals surface area contributed by atoms with Crippen molar-refractivity contribution >= 4 is 34.9 Å². The molecule has 1 heterocycles. The van der Waals surface area contributed by atoms with Gasteiger partial charge in [0.25, 0.3) is 11.8 Å². The number of urea groups is 1. The third-order valence-electron chi connectivity index (χ3n) is 7.96. The fourth-order valence-electron chi connectivity index (χ4n) is 5.02. The van der Waals surface area contributed by atoms with Crippen LogP contribution in [-0.2, 0) is 17.5 Å². The Morgan fingerprint density at radius 2 is 1.53 bits per heavy atom. The first kappa shape index (κ1) is 37.1. The van der Waals surface area contributed by atoms with Gasteiger partial charge in [0.15, 0.2) is 0 Å². The van der Waals surface area contributed by atoms with Gasteiger partial charge in [0.2, 0.25) is 0 Å². The summed E-state index contributed by atoms with van der Waals surface area (Å²) >= 11 is 0. The molecular formula is C32H33F5N4O8. The van der Waals surface area contributed by atoms with Crippen LogP contribution in [0.3, 0.4) is 0 Å². The fraction of sp³-hybridized carbons (Fsp3) is 0.344. The van der Waals surface area contributed by atoms with Crippen molar-refractivity contribution in [2.24, 2.45) is 0 Å². The lowest BCUT2D eigenvalue weighted by Crippen LogP contribution is -2.49. The molecule has 0 saturated carbocycles. The molecule has 12 nitrogen and oxygen atoms in total. The predicted molar refractivity (Wildman–Crippen MR) is 163 cm³/mol. The molecule has 1 aliphatic heterocycles. The number of hydrogen-bond acceptors (Lipinski definition) is 9. The van der Waals surface area contributed by atoms with Gasteiger partial charge in [0.05, 0.1) is 30.5 Å². The van der Waals surface area contributed by atoms with Crippen molar-refractivity contribution < 1.29 is 61.9 Å². The van der Waals surface area contributed by atoms with E-state index in [0.29, 0.717) is 28.3 Å². The number of carbonyl (C=O) groups is 3. The second-order valence-corrected chi connectivity index (χ2v) is 11.7. The van der Waals surface area contributed by atoms with Crippen LogP contribution in [0.5, 0.6) is 0 Å². The van der Waals surface area contributed by atoms with E-state index in [-0.39, 0.29) is 17.8 Å². The van der Waals surface area contributed by atoms with E-state index in [0.717, 1.165) is 23.1 Å². The number of benzene rings is 3. The molecule has 0 radical (unpaired) electrons. The second kappa shape index (κ2) is 14.4. The summed E-state index contributed by atoms with van der Waals surface area (Å²) < 4.78 is 68.3. The molecule has 7 N–H and O–H groups in total. The molecule has 0 aromatic heterocycles. The van der Waals surface area contributed by atoms with Crippen LogP contribution in [0.1, 0.15) is 35.3 Å². The highest BCUT2D eigenvalue weighted by molar-refractivity contribution is 6.23. The third kappa shape index (κ3) is 7.97. The van der Waals surface area contributed by atoms with Crippen molar-refractivity contribution in [3.8, 4) is 0 Å². The zero-order chi connectivity index (χ0) is 36.4. The van der Waals surface area contributed by atoms with Crippen LogP contribution < -0.4 is 15.5 Å². The third-order valence-corrected chi connectivity index (χ3v) is 7.96. The molecular weight excluding hydrogens is 663 g/mol. The highest BCUT2D eigenvalue weighted by Crippen LogP contribution is 2.38. The molecule has 0 bridgehead atoms. The number of carbonyl (C=O) groups excluding carboxylic acids is 3. The molecule has 264 valence electrons. The van der Waals surface area contributed by atoms with Crippen LogP contribution in [0, 0.1) is 11.6 Å². The number of nitrogens with one attached hydrogen (secondary N) is 2. The fourth-order valence-corrected chi connectivity index (χ4v) is 5.02. The lowest BCUT2D eigenvalue weighted by Gasteiger charge is -2.28. The van der Waals surface area contributed by atoms with Crippen molar-refractivity contribution in [3.05, 3.63) is 89.0 Å². The SMILES string of the molecule is CC1(C)C(=O)N(c2ccc(F)c(C(F)(F)F)c2)C(=O)N1Cc1ccc(F)cc1Nc1ccc(C(=O)NC[C@H](O)[C@@H](O)[C@H](O)[C@H](O)CO)cc1. The monoisotopic (exact) mass is 696 g/mol. The summed E-state index contributed by atoms with van der Waals surface area (Å²) in [5.41, 5.74) is -2.82.